The summed E-state index contributed by atoms with van der Waals surface area (Å²) in [4.78, 5) is 11.4. The quantitative estimate of drug-likeness (QED) is 0.735. The molecule has 0 aliphatic heterocycles. The van der Waals surface area contributed by atoms with Gasteiger partial charge in [0.1, 0.15) is 0 Å². The summed E-state index contributed by atoms with van der Waals surface area (Å²) in [7, 11) is 0. The number of hydrogen-bond donors (Lipinski definition) is 3. The number of aliphatic hydroxyl groups is 1. The molecule has 4 heteroatoms. The third-order valence-corrected chi connectivity index (χ3v) is 2.85. The number of benzene rings is 1. The Morgan fingerprint density at radius 2 is 1.89 bits per heavy atom. The highest BCUT2D eigenvalue weighted by Gasteiger charge is 2.29. The number of carbonyl (C=O) groups is 1. The smallest absolute Gasteiger partial charge is 0.235 e. The van der Waals surface area contributed by atoms with Crippen LogP contribution < -0.4 is 11.1 Å². The zero-order chi connectivity index (χ0) is 13.8. The number of aliphatic hydroxyl groups excluding tert-OH is 1. The highest BCUT2D eigenvalue weighted by Crippen LogP contribution is 2.20. The number of amides is 1. The summed E-state index contributed by atoms with van der Waals surface area (Å²) in [6.45, 7) is 6.11. The highest BCUT2D eigenvalue weighted by atomic mass is 16.3. The molecule has 1 aromatic carbocycles. The largest absolute Gasteiger partial charge is 0.387 e. The van der Waals surface area contributed by atoms with Crippen LogP contribution in [0.2, 0.25) is 0 Å². The van der Waals surface area contributed by atoms with Crippen molar-refractivity contribution in [1.82, 2.24) is 5.32 Å². The van der Waals surface area contributed by atoms with Crippen molar-refractivity contribution in [2.24, 2.45) is 11.1 Å². The average molecular weight is 250 g/mol. The Kier molecular flexibility index (Phi) is 4.87. The normalized spacial score (nSPS) is 15.1. The predicted molar refractivity (Wildman–Crippen MR) is 71.8 cm³/mol. The van der Waals surface area contributed by atoms with Gasteiger partial charge in [0.2, 0.25) is 5.91 Å². The van der Waals surface area contributed by atoms with Crippen molar-refractivity contribution in [2.45, 2.75) is 32.9 Å². The standard InChI is InChI=1S/C14H22N2O2/c1-14(2,3)12(13(15)18)16-9-11(17)10-7-5-4-6-8-10/h4-8,11-12,16-17H,9H2,1-3H3,(H2,15,18)/t11?,12-/m1/s1. The summed E-state index contributed by atoms with van der Waals surface area (Å²) in [6.07, 6.45) is -0.643. The molecule has 0 aliphatic rings. The van der Waals surface area contributed by atoms with Gasteiger partial charge in [0.15, 0.2) is 0 Å². The van der Waals surface area contributed by atoms with Crippen LogP contribution in [0.15, 0.2) is 30.3 Å². The molecule has 0 aliphatic carbocycles. The summed E-state index contributed by atoms with van der Waals surface area (Å²) in [5.41, 5.74) is 5.91. The molecule has 0 radical (unpaired) electrons. The van der Waals surface area contributed by atoms with E-state index in [1.807, 2.05) is 51.1 Å². The van der Waals surface area contributed by atoms with Crippen molar-refractivity contribution >= 4 is 5.91 Å². The SMILES string of the molecule is CC(C)(C)[C@H](NCC(O)c1ccccc1)C(N)=O. The monoisotopic (exact) mass is 250 g/mol. The van der Waals surface area contributed by atoms with Crippen molar-refractivity contribution in [3.05, 3.63) is 35.9 Å². The number of rotatable bonds is 5. The van der Waals surface area contributed by atoms with E-state index >= 15 is 0 Å². The summed E-state index contributed by atoms with van der Waals surface area (Å²) in [6, 6.07) is 8.87. The second-order valence-corrected chi connectivity index (χ2v) is 5.54. The van der Waals surface area contributed by atoms with Crippen molar-refractivity contribution in [3.8, 4) is 0 Å². The zero-order valence-electron chi connectivity index (χ0n) is 11.2. The minimum Gasteiger partial charge on any atom is -0.387 e. The molecule has 100 valence electrons. The van der Waals surface area contributed by atoms with Gasteiger partial charge >= 0.3 is 0 Å². The molecule has 0 saturated heterocycles. The maximum atomic E-state index is 11.4. The van der Waals surface area contributed by atoms with E-state index in [2.05, 4.69) is 5.32 Å². The predicted octanol–water partition coefficient (Wildman–Crippen LogP) is 1.21. The molecule has 2 atom stereocenters. The van der Waals surface area contributed by atoms with Crippen molar-refractivity contribution in [2.75, 3.05) is 6.54 Å². The summed E-state index contributed by atoms with van der Waals surface area (Å²) in [5, 5.41) is 13.0. The third-order valence-electron chi connectivity index (χ3n) is 2.85. The van der Waals surface area contributed by atoms with Crippen LogP contribution >= 0.6 is 0 Å². The lowest BCUT2D eigenvalue weighted by Crippen LogP contribution is -2.50. The fraction of sp³-hybridized carbons (Fsp3) is 0.500. The number of carbonyl (C=O) groups excluding carboxylic acids is 1. The van der Waals surface area contributed by atoms with Crippen molar-refractivity contribution in [3.63, 3.8) is 0 Å². The Labute approximate surface area is 108 Å². The van der Waals surface area contributed by atoms with Gasteiger partial charge in [-0.2, -0.15) is 0 Å². The Morgan fingerprint density at radius 3 is 2.33 bits per heavy atom. The first-order chi connectivity index (χ1) is 8.32. The van der Waals surface area contributed by atoms with Gasteiger partial charge < -0.3 is 16.2 Å². The number of hydrogen-bond acceptors (Lipinski definition) is 3. The molecule has 0 aromatic heterocycles. The van der Waals surface area contributed by atoms with Crippen LogP contribution in [0.5, 0.6) is 0 Å². The van der Waals surface area contributed by atoms with E-state index in [9.17, 15) is 9.90 Å². The molecular weight excluding hydrogens is 228 g/mol. The maximum Gasteiger partial charge on any atom is 0.235 e. The minimum absolute atomic E-state index is 0.276. The maximum absolute atomic E-state index is 11.4. The Balaban J connectivity index is 2.61. The van der Waals surface area contributed by atoms with Crippen LogP contribution in [-0.2, 0) is 4.79 Å². The molecule has 0 spiro atoms. The van der Waals surface area contributed by atoms with E-state index in [0.717, 1.165) is 5.56 Å². The Bertz CT molecular complexity index is 385. The van der Waals surface area contributed by atoms with Crippen LogP contribution in [0.25, 0.3) is 0 Å². The van der Waals surface area contributed by atoms with Crippen LogP contribution in [-0.4, -0.2) is 23.6 Å². The van der Waals surface area contributed by atoms with E-state index in [1.54, 1.807) is 0 Å². The van der Waals surface area contributed by atoms with Gasteiger partial charge in [-0.05, 0) is 11.0 Å². The molecule has 0 fully saturated rings. The topological polar surface area (TPSA) is 75.3 Å². The second kappa shape index (κ2) is 5.98. The number of primary amides is 1. The van der Waals surface area contributed by atoms with E-state index in [1.165, 1.54) is 0 Å². The summed E-state index contributed by atoms with van der Waals surface area (Å²) < 4.78 is 0. The molecule has 0 saturated carbocycles. The average Bonchev–Trinajstić information content (AvgIpc) is 2.28. The molecule has 4 N–H and O–H groups in total. The van der Waals surface area contributed by atoms with Crippen molar-refractivity contribution in [1.29, 1.82) is 0 Å². The van der Waals surface area contributed by atoms with E-state index in [-0.39, 0.29) is 5.41 Å². The van der Waals surface area contributed by atoms with Gasteiger partial charge in [0.25, 0.3) is 0 Å². The van der Waals surface area contributed by atoms with Gasteiger partial charge in [-0.25, -0.2) is 0 Å². The fourth-order valence-corrected chi connectivity index (χ4v) is 1.86. The Morgan fingerprint density at radius 1 is 1.33 bits per heavy atom. The van der Waals surface area contributed by atoms with Crippen LogP contribution in [0.3, 0.4) is 0 Å². The van der Waals surface area contributed by atoms with Gasteiger partial charge in [0, 0.05) is 6.54 Å². The number of nitrogens with two attached hydrogens (primary N) is 1. The van der Waals surface area contributed by atoms with Gasteiger partial charge in [-0.1, -0.05) is 51.1 Å². The molecule has 1 amide bonds. The zero-order valence-corrected chi connectivity index (χ0v) is 11.2. The van der Waals surface area contributed by atoms with E-state index in [0.29, 0.717) is 6.54 Å². The lowest BCUT2D eigenvalue weighted by atomic mass is 9.86. The van der Waals surface area contributed by atoms with E-state index < -0.39 is 18.1 Å². The molecule has 1 rings (SSSR count). The van der Waals surface area contributed by atoms with Gasteiger partial charge in [-0.3, -0.25) is 4.79 Å². The first-order valence-corrected chi connectivity index (χ1v) is 6.08. The van der Waals surface area contributed by atoms with Gasteiger partial charge in [-0.15, -0.1) is 0 Å². The summed E-state index contributed by atoms with van der Waals surface area (Å²) in [5.74, 6) is -0.400. The van der Waals surface area contributed by atoms with Crippen LogP contribution in [0, 0.1) is 5.41 Å². The molecule has 1 unspecified atom stereocenters. The molecular formula is C14H22N2O2. The molecule has 18 heavy (non-hydrogen) atoms. The van der Waals surface area contributed by atoms with Crippen LogP contribution in [0.1, 0.15) is 32.4 Å². The highest BCUT2D eigenvalue weighted by molar-refractivity contribution is 5.80. The molecule has 0 heterocycles. The minimum atomic E-state index is -0.643. The molecule has 1 aromatic rings. The van der Waals surface area contributed by atoms with Crippen LogP contribution in [0.4, 0.5) is 0 Å². The van der Waals surface area contributed by atoms with E-state index in [4.69, 9.17) is 5.73 Å². The Hall–Kier alpha value is -1.39. The lowest BCUT2D eigenvalue weighted by Gasteiger charge is -2.29. The second-order valence-electron chi connectivity index (χ2n) is 5.54. The lowest BCUT2D eigenvalue weighted by molar-refractivity contribution is -0.122. The van der Waals surface area contributed by atoms with Gasteiger partial charge in [0.05, 0.1) is 12.1 Å². The third kappa shape index (κ3) is 4.13. The molecule has 4 nitrogen and oxygen atoms in total. The molecule has 0 bridgehead atoms. The van der Waals surface area contributed by atoms with Crippen molar-refractivity contribution < 1.29 is 9.90 Å². The fourth-order valence-electron chi connectivity index (χ4n) is 1.86. The first-order valence-electron chi connectivity index (χ1n) is 6.08. The number of nitrogens with one attached hydrogen (secondary N) is 1. The summed E-state index contributed by atoms with van der Waals surface area (Å²) >= 11 is 0. The first kappa shape index (κ1) is 14.7.